The first-order valence-electron chi connectivity index (χ1n) is 7.42. The maximum atomic E-state index is 13.9. The Morgan fingerprint density at radius 1 is 1.21 bits per heavy atom. The number of hydrazine groups is 1. The van der Waals surface area contributed by atoms with Gasteiger partial charge in [-0.3, -0.25) is 10.2 Å². The van der Waals surface area contributed by atoms with Gasteiger partial charge in [-0.05, 0) is 36.9 Å². The van der Waals surface area contributed by atoms with Crippen LogP contribution in [-0.4, -0.2) is 23.6 Å². The molecule has 1 N–H and O–H groups in total. The van der Waals surface area contributed by atoms with E-state index in [-0.39, 0.29) is 17.5 Å². The van der Waals surface area contributed by atoms with Crippen LogP contribution in [0, 0.1) is 11.2 Å². The molecule has 2 aromatic carbocycles. The summed E-state index contributed by atoms with van der Waals surface area (Å²) in [7, 11) is 0. The quantitative estimate of drug-likeness (QED) is 0.840. The van der Waals surface area contributed by atoms with Gasteiger partial charge in [-0.15, -0.1) is 0 Å². The number of halogens is 4. The highest BCUT2D eigenvalue weighted by molar-refractivity contribution is 5.84. The number of nitrogens with zero attached hydrogens (tertiary/aromatic N) is 1. The van der Waals surface area contributed by atoms with Crippen molar-refractivity contribution in [2.45, 2.75) is 26.1 Å². The third-order valence-corrected chi connectivity index (χ3v) is 4.22. The topological polar surface area (TPSA) is 32.3 Å². The number of hydrogen-bond acceptors (Lipinski definition) is 2. The largest absolute Gasteiger partial charge is 0.409 e. The molecule has 1 aliphatic heterocycles. The van der Waals surface area contributed by atoms with Gasteiger partial charge in [0.2, 0.25) is 5.91 Å². The molecule has 24 heavy (non-hydrogen) atoms. The molecule has 1 fully saturated rings. The van der Waals surface area contributed by atoms with Crippen LogP contribution < -0.4 is 5.43 Å². The zero-order valence-corrected chi connectivity index (χ0v) is 13.1. The molecule has 0 saturated carbocycles. The molecular weight excluding hydrogens is 324 g/mol. The van der Waals surface area contributed by atoms with Crippen molar-refractivity contribution in [1.82, 2.24) is 10.4 Å². The number of amides is 1. The van der Waals surface area contributed by atoms with Crippen LogP contribution >= 0.6 is 0 Å². The standard InChI is InChI=1S/C17H16F4N2O/c1-16(2)9-23(22-15(16)24)14(17(19,20)21)11-7-6-10-4-3-5-13(18)12(10)8-11/h3-8,14H,9H2,1-2H3,(H,22,24). The number of benzene rings is 2. The molecule has 0 aromatic heterocycles. The van der Waals surface area contributed by atoms with Crippen LogP contribution in [0.15, 0.2) is 36.4 Å². The average molecular weight is 340 g/mol. The van der Waals surface area contributed by atoms with Crippen LogP contribution in [0.4, 0.5) is 17.6 Å². The number of rotatable bonds is 2. The number of carbonyl (C=O) groups excluding carboxylic acids is 1. The molecule has 128 valence electrons. The number of carbonyl (C=O) groups is 1. The zero-order valence-electron chi connectivity index (χ0n) is 13.1. The maximum Gasteiger partial charge on any atom is 0.409 e. The van der Waals surface area contributed by atoms with Gasteiger partial charge in [0.25, 0.3) is 0 Å². The van der Waals surface area contributed by atoms with Gasteiger partial charge in [0.15, 0.2) is 0 Å². The van der Waals surface area contributed by atoms with E-state index in [4.69, 9.17) is 0 Å². The van der Waals surface area contributed by atoms with Crippen molar-refractivity contribution >= 4 is 16.7 Å². The van der Waals surface area contributed by atoms with Gasteiger partial charge in [-0.25, -0.2) is 9.40 Å². The normalized spacial score (nSPS) is 19.5. The second kappa shape index (κ2) is 5.44. The molecule has 0 aliphatic carbocycles. The zero-order chi connectivity index (χ0) is 17.7. The molecular formula is C17H16F4N2O. The SMILES string of the molecule is CC1(C)CN(C(c2ccc3cccc(F)c3c2)C(F)(F)F)NC1=O. The van der Waals surface area contributed by atoms with Crippen LogP contribution in [0.25, 0.3) is 10.8 Å². The molecule has 1 heterocycles. The fraction of sp³-hybridized carbons (Fsp3) is 0.353. The van der Waals surface area contributed by atoms with E-state index >= 15 is 0 Å². The van der Waals surface area contributed by atoms with E-state index < -0.39 is 29.4 Å². The fourth-order valence-electron chi connectivity index (χ4n) is 2.94. The number of nitrogens with one attached hydrogen (secondary N) is 1. The van der Waals surface area contributed by atoms with Gasteiger partial charge >= 0.3 is 6.18 Å². The van der Waals surface area contributed by atoms with Gasteiger partial charge in [0.1, 0.15) is 11.9 Å². The molecule has 1 saturated heterocycles. The minimum absolute atomic E-state index is 0.0919. The molecule has 2 aromatic rings. The molecule has 3 nitrogen and oxygen atoms in total. The van der Waals surface area contributed by atoms with E-state index in [0.717, 1.165) is 5.01 Å². The summed E-state index contributed by atoms with van der Waals surface area (Å²) in [4.78, 5) is 11.9. The van der Waals surface area contributed by atoms with Crippen molar-refractivity contribution in [2.24, 2.45) is 5.41 Å². The lowest BCUT2D eigenvalue weighted by Crippen LogP contribution is -2.43. The highest BCUT2D eigenvalue weighted by Crippen LogP contribution is 2.41. The summed E-state index contributed by atoms with van der Waals surface area (Å²) >= 11 is 0. The van der Waals surface area contributed by atoms with Gasteiger partial charge in [-0.2, -0.15) is 13.2 Å². The van der Waals surface area contributed by atoms with Crippen molar-refractivity contribution < 1.29 is 22.4 Å². The highest BCUT2D eigenvalue weighted by Gasteiger charge is 2.51. The summed E-state index contributed by atoms with van der Waals surface area (Å²) in [5, 5.41) is 1.52. The van der Waals surface area contributed by atoms with Crippen LogP contribution in [0.3, 0.4) is 0 Å². The Balaban J connectivity index is 2.08. The van der Waals surface area contributed by atoms with Crippen molar-refractivity contribution in [3.63, 3.8) is 0 Å². The monoisotopic (exact) mass is 340 g/mol. The first-order valence-corrected chi connectivity index (χ1v) is 7.42. The predicted octanol–water partition coefficient (Wildman–Crippen LogP) is 3.96. The Hall–Kier alpha value is -2.15. The minimum atomic E-state index is -4.62. The first kappa shape index (κ1) is 16.7. The highest BCUT2D eigenvalue weighted by atomic mass is 19.4. The van der Waals surface area contributed by atoms with Crippen molar-refractivity contribution in [3.05, 3.63) is 47.8 Å². The van der Waals surface area contributed by atoms with Crippen LogP contribution in [0.2, 0.25) is 0 Å². The second-order valence-electron chi connectivity index (χ2n) is 6.62. The molecule has 1 amide bonds. The van der Waals surface area contributed by atoms with E-state index in [1.807, 2.05) is 0 Å². The Labute approximate surface area is 136 Å². The third-order valence-electron chi connectivity index (χ3n) is 4.22. The molecule has 0 radical (unpaired) electrons. The third kappa shape index (κ3) is 2.84. The van der Waals surface area contributed by atoms with Crippen molar-refractivity contribution in [2.75, 3.05) is 6.54 Å². The van der Waals surface area contributed by atoms with Crippen LogP contribution in [0.5, 0.6) is 0 Å². The van der Waals surface area contributed by atoms with Crippen molar-refractivity contribution in [3.8, 4) is 0 Å². The van der Waals surface area contributed by atoms with E-state index in [0.29, 0.717) is 5.39 Å². The first-order chi connectivity index (χ1) is 11.1. The Morgan fingerprint density at radius 2 is 1.92 bits per heavy atom. The lowest BCUT2D eigenvalue weighted by Gasteiger charge is -2.30. The molecule has 3 rings (SSSR count). The molecule has 1 unspecified atom stereocenters. The average Bonchev–Trinajstić information content (AvgIpc) is 2.71. The maximum absolute atomic E-state index is 13.9. The van der Waals surface area contributed by atoms with Gasteiger partial charge in [-0.1, -0.05) is 24.3 Å². The minimum Gasteiger partial charge on any atom is -0.287 e. The number of fused-ring (bicyclic) bond motifs is 1. The lowest BCUT2D eigenvalue weighted by molar-refractivity contribution is -0.191. The molecule has 0 spiro atoms. The molecule has 1 aliphatic rings. The fourth-order valence-corrected chi connectivity index (χ4v) is 2.94. The predicted molar refractivity (Wildman–Crippen MR) is 81.3 cm³/mol. The lowest BCUT2D eigenvalue weighted by atomic mass is 9.93. The van der Waals surface area contributed by atoms with Gasteiger partial charge in [0, 0.05) is 11.9 Å². The molecule has 0 bridgehead atoms. The molecule has 7 heteroatoms. The van der Waals surface area contributed by atoms with E-state index in [1.165, 1.54) is 30.3 Å². The number of hydrogen-bond donors (Lipinski definition) is 1. The second-order valence-corrected chi connectivity index (χ2v) is 6.62. The summed E-state index contributed by atoms with van der Waals surface area (Å²) < 4.78 is 54.9. The smallest absolute Gasteiger partial charge is 0.287 e. The summed E-state index contributed by atoms with van der Waals surface area (Å²) in [6.07, 6.45) is -4.62. The van der Waals surface area contributed by atoms with E-state index in [1.54, 1.807) is 19.9 Å². The van der Waals surface area contributed by atoms with Gasteiger partial charge < -0.3 is 0 Å². The van der Waals surface area contributed by atoms with Gasteiger partial charge in [0.05, 0.1) is 5.41 Å². The summed E-state index contributed by atoms with van der Waals surface area (Å²) in [6, 6.07) is 6.27. The summed E-state index contributed by atoms with van der Waals surface area (Å²) in [6.45, 7) is 3.07. The Kier molecular flexibility index (Phi) is 3.79. The van der Waals surface area contributed by atoms with E-state index in [9.17, 15) is 22.4 Å². The van der Waals surface area contributed by atoms with E-state index in [2.05, 4.69) is 5.43 Å². The summed E-state index contributed by atoms with van der Waals surface area (Å²) in [5.74, 6) is -1.05. The van der Waals surface area contributed by atoms with Crippen LogP contribution in [0.1, 0.15) is 25.5 Å². The van der Waals surface area contributed by atoms with Crippen molar-refractivity contribution in [1.29, 1.82) is 0 Å². The Morgan fingerprint density at radius 3 is 2.50 bits per heavy atom. The number of alkyl halides is 3. The van der Waals surface area contributed by atoms with Crippen LogP contribution in [-0.2, 0) is 4.79 Å². The summed E-state index contributed by atoms with van der Waals surface area (Å²) in [5.41, 5.74) is 1.25. The Bertz CT molecular complexity index is 801. The molecule has 1 atom stereocenters.